The van der Waals surface area contributed by atoms with Crippen molar-refractivity contribution < 1.29 is 4.79 Å². The summed E-state index contributed by atoms with van der Waals surface area (Å²) in [6, 6.07) is 3.27. The molecule has 0 unspecified atom stereocenters. The van der Waals surface area contributed by atoms with Gasteiger partial charge in [-0.2, -0.15) is 0 Å². The number of hydrazine groups is 1. The maximum Gasteiger partial charge on any atom is 0.271 e. The predicted octanol–water partition coefficient (Wildman–Crippen LogP) is 2.10. The largest absolute Gasteiger partial charge is 0.350 e. The van der Waals surface area contributed by atoms with Crippen LogP contribution in [0.3, 0.4) is 0 Å². The first-order chi connectivity index (χ1) is 10.0. The van der Waals surface area contributed by atoms with Crippen molar-refractivity contribution in [3.63, 3.8) is 0 Å². The molecule has 0 aromatic carbocycles. The molecule has 1 aliphatic rings. The smallest absolute Gasteiger partial charge is 0.271 e. The van der Waals surface area contributed by atoms with Gasteiger partial charge in [0.25, 0.3) is 5.91 Å². The zero-order chi connectivity index (χ0) is 15.3. The molecule has 116 valence electrons. The van der Waals surface area contributed by atoms with Crippen molar-refractivity contribution in [3.8, 4) is 0 Å². The molecule has 1 heterocycles. The van der Waals surface area contributed by atoms with Crippen LogP contribution in [0, 0.1) is 11.3 Å². The van der Waals surface area contributed by atoms with E-state index in [2.05, 4.69) is 34.8 Å². The Balaban J connectivity index is 1.95. The third-order valence-electron chi connectivity index (χ3n) is 4.17. The van der Waals surface area contributed by atoms with E-state index in [0.29, 0.717) is 17.4 Å². The molecule has 0 aliphatic heterocycles. The number of nitrogens with two attached hydrogens (primary N) is 1. The molecule has 0 atom stereocenters. The molecular weight excluding hydrogens is 266 g/mol. The molecule has 1 aliphatic carbocycles. The van der Waals surface area contributed by atoms with Gasteiger partial charge in [-0.05, 0) is 42.7 Å². The maximum atomic E-state index is 12.2. The number of aromatic nitrogens is 2. The molecule has 1 saturated carbocycles. The van der Waals surface area contributed by atoms with Gasteiger partial charge in [0.05, 0.1) is 0 Å². The van der Waals surface area contributed by atoms with E-state index in [-0.39, 0.29) is 11.3 Å². The average Bonchev–Trinajstić information content (AvgIpc) is 2.93. The number of nitrogens with one attached hydrogen (secondary N) is 2. The molecule has 0 bridgehead atoms. The average molecular weight is 291 g/mol. The number of hydrogen-bond acceptors (Lipinski definition) is 5. The van der Waals surface area contributed by atoms with E-state index in [1.54, 1.807) is 12.1 Å². The first-order valence-corrected chi connectivity index (χ1v) is 7.63. The SMILES string of the molecule is CC(C)CC1(CNC(=O)c2ccc(NN)nn2)CCCC1. The van der Waals surface area contributed by atoms with E-state index in [1.807, 2.05) is 0 Å². The van der Waals surface area contributed by atoms with E-state index in [9.17, 15) is 4.79 Å². The quantitative estimate of drug-likeness (QED) is 0.551. The monoisotopic (exact) mass is 291 g/mol. The van der Waals surface area contributed by atoms with Crippen LogP contribution in [-0.2, 0) is 0 Å². The highest BCUT2D eigenvalue weighted by molar-refractivity contribution is 5.92. The van der Waals surface area contributed by atoms with Crippen molar-refractivity contribution >= 4 is 11.7 Å². The minimum Gasteiger partial charge on any atom is -0.350 e. The number of nitrogen functional groups attached to an aromatic ring is 1. The molecule has 1 aromatic rings. The Bertz CT molecular complexity index is 465. The fraction of sp³-hybridized carbons (Fsp3) is 0.667. The summed E-state index contributed by atoms with van der Waals surface area (Å²) < 4.78 is 0. The van der Waals surface area contributed by atoms with Crippen molar-refractivity contribution in [3.05, 3.63) is 17.8 Å². The molecule has 1 aromatic heterocycles. The second-order valence-corrected chi connectivity index (χ2v) is 6.44. The van der Waals surface area contributed by atoms with Gasteiger partial charge in [0.15, 0.2) is 11.5 Å². The standard InChI is InChI=1S/C15H25N5O/c1-11(2)9-15(7-3-4-8-15)10-17-14(21)12-5-6-13(18-16)20-19-12/h5-6,11H,3-4,7-10,16H2,1-2H3,(H,17,21)(H,18,20). The Kier molecular flexibility index (Phi) is 5.12. The zero-order valence-electron chi connectivity index (χ0n) is 12.9. The lowest BCUT2D eigenvalue weighted by atomic mass is 9.78. The van der Waals surface area contributed by atoms with Gasteiger partial charge in [0.1, 0.15) is 0 Å². The minimum atomic E-state index is -0.166. The van der Waals surface area contributed by atoms with Crippen LogP contribution in [0.1, 0.15) is 56.4 Å². The van der Waals surface area contributed by atoms with Gasteiger partial charge < -0.3 is 10.7 Å². The van der Waals surface area contributed by atoms with Crippen molar-refractivity contribution in [2.45, 2.75) is 46.0 Å². The highest BCUT2D eigenvalue weighted by atomic mass is 16.1. The highest BCUT2D eigenvalue weighted by Crippen LogP contribution is 2.42. The molecule has 0 spiro atoms. The first-order valence-electron chi connectivity index (χ1n) is 7.63. The summed E-state index contributed by atoms with van der Waals surface area (Å²) in [6.45, 7) is 5.21. The number of nitrogens with zero attached hydrogens (tertiary/aromatic N) is 2. The Morgan fingerprint density at radius 3 is 2.57 bits per heavy atom. The molecule has 1 fully saturated rings. The van der Waals surface area contributed by atoms with Crippen LogP contribution in [0.25, 0.3) is 0 Å². The van der Waals surface area contributed by atoms with Gasteiger partial charge in [-0.25, -0.2) is 5.84 Å². The zero-order valence-corrected chi connectivity index (χ0v) is 12.9. The van der Waals surface area contributed by atoms with Crippen LogP contribution in [0.4, 0.5) is 5.82 Å². The van der Waals surface area contributed by atoms with Crippen LogP contribution < -0.4 is 16.6 Å². The van der Waals surface area contributed by atoms with Gasteiger partial charge in [0, 0.05) is 6.54 Å². The van der Waals surface area contributed by atoms with Crippen LogP contribution in [-0.4, -0.2) is 22.6 Å². The molecule has 0 radical (unpaired) electrons. The van der Waals surface area contributed by atoms with Crippen LogP contribution in [0.15, 0.2) is 12.1 Å². The second-order valence-electron chi connectivity index (χ2n) is 6.44. The lowest BCUT2D eigenvalue weighted by Gasteiger charge is -2.31. The summed E-state index contributed by atoms with van der Waals surface area (Å²) in [6.07, 6.45) is 6.09. The van der Waals surface area contributed by atoms with Crippen LogP contribution in [0.5, 0.6) is 0 Å². The first kappa shape index (κ1) is 15.7. The van der Waals surface area contributed by atoms with Crippen molar-refractivity contribution in [2.75, 3.05) is 12.0 Å². The summed E-state index contributed by atoms with van der Waals surface area (Å²) in [5.74, 6) is 6.15. The Labute approximate surface area is 125 Å². The summed E-state index contributed by atoms with van der Waals surface area (Å²) in [7, 11) is 0. The van der Waals surface area contributed by atoms with Gasteiger partial charge in [-0.1, -0.05) is 26.7 Å². The van der Waals surface area contributed by atoms with Crippen LogP contribution in [0.2, 0.25) is 0 Å². The second kappa shape index (κ2) is 6.85. The lowest BCUT2D eigenvalue weighted by Crippen LogP contribution is -2.37. The van der Waals surface area contributed by atoms with Gasteiger partial charge in [-0.3, -0.25) is 4.79 Å². The number of hydrogen-bond donors (Lipinski definition) is 3. The van der Waals surface area contributed by atoms with Crippen LogP contribution >= 0.6 is 0 Å². The number of rotatable bonds is 6. The van der Waals surface area contributed by atoms with Crippen molar-refractivity contribution in [1.29, 1.82) is 0 Å². The molecule has 6 heteroatoms. The molecule has 6 nitrogen and oxygen atoms in total. The molecule has 21 heavy (non-hydrogen) atoms. The van der Waals surface area contributed by atoms with E-state index >= 15 is 0 Å². The fourth-order valence-corrected chi connectivity index (χ4v) is 3.33. The number of anilines is 1. The van der Waals surface area contributed by atoms with Crippen molar-refractivity contribution in [1.82, 2.24) is 15.5 Å². The summed E-state index contributed by atoms with van der Waals surface area (Å²) >= 11 is 0. The van der Waals surface area contributed by atoms with E-state index < -0.39 is 0 Å². The number of carbonyl (C=O) groups excluding carboxylic acids is 1. The Morgan fingerprint density at radius 2 is 2.05 bits per heavy atom. The third kappa shape index (κ3) is 4.14. The lowest BCUT2D eigenvalue weighted by molar-refractivity contribution is 0.0916. The third-order valence-corrected chi connectivity index (χ3v) is 4.17. The van der Waals surface area contributed by atoms with Gasteiger partial charge in [-0.15, -0.1) is 10.2 Å². The normalized spacial score (nSPS) is 17.0. The van der Waals surface area contributed by atoms with Gasteiger partial charge in [0.2, 0.25) is 0 Å². The van der Waals surface area contributed by atoms with Gasteiger partial charge >= 0.3 is 0 Å². The Morgan fingerprint density at radius 1 is 1.33 bits per heavy atom. The summed E-state index contributed by atoms with van der Waals surface area (Å²) in [5.41, 5.74) is 2.98. The van der Waals surface area contributed by atoms with E-state index in [1.165, 1.54) is 25.7 Å². The molecule has 4 N–H and O–H groups in total. The van der Waals surface area contributed by atoms with E-state index in [0.717, 1.165) is 13.0 Å². The Hall–Kier alpha value is -1.69. The predicted molar refractivity (Wildman–Crippen MR) is 82.5 cm³/mol. The summed E-state index contributed by atoms with van der Waals surface area (Å²) in [5, 5.41) is 10.7. The van der Waals surface area contributed by atoms with E-state index in [4.69, 9.17) is 5.84 Å². The number of carbonyl (C=O) groups is 1. The molecule has 0 saturated heterocycles. The maximum absolute atomic E-state index is 12.2. The number of amides is 1. The summed E-state index contributed by atoms with van der Waals surface area (Å²) in [4.78, 5) is 12.2. The minimum absolute atomic E-state index is 0.166. The molecule has 2 rings (SSSR count). The highest BCUT2D eigenvalue weighted by Gasteiger charge is 2.34. The molecular formula is C15H25N5O. The molecule has 1 amide bonds. The topological polar surface area (TPSA) is 92.9 Å². The van der Waals surface area contributed by atoms with Crippen molar-refractivity contribution in [2.24, 2.45) is 17.2 Å². The fourth-order valence-electron chi connectivity index (χ4n) is 3.33.